The second-order valence-corrected chi connectivity index (χ2v) is 6.05. The normalized spacial score (nSPS) is 10.2. The van der Waals surface area contributed by atoms with Crippen LogP contribution in [0.25, 0.3) is 0 Å². The molecule has 8 nitrogen and oxygen atoms in total. The van der Waals surface area contributed by atoms with E-state index in [1.165, 1.54) is 19.2 Å². The van der Waals surface area contributed by atoms with E-state index in [1.807, 2.05) is 0 Å². The summed E-state index contributed by atoms with van der Waals surface area (Å²) in [6, 6.07) is 13.5. The number of amides is 1. The minimum Gasteiger partial charge on any atom is -0.493 e. The molecule has 0 fully saturated rings. The molecular formula is C21H20N4O4. The third kappa shape index (κ3) is 4.86. The van der Waals surface area contributed by atoms with Crippen LogP contribution in [0.1, 0.15) is 27.8 Å². The highest BCUT2D eigenvalue weighted by Crippen LogP contribution is 2.30. The van der Waals surface area contributed by atoms with Gasteiger partial charge in [0.2, 0.25) is 5.95 Å². The van der Waals surface area contributed by atoms with Gasteiger partial charge in [0.25, 0.3) is 5.91 Å². The standard InChI is InChI=1S/C21H20N4O4/c1-13(26)14-5-4-6-15(11-14)23-20(27)17-9-10-22-21(25-17)24-16-7-8-18(28-2)19(12-16)29-3/h4-12H,1-3H3,(H,23,27)(H,22,24,25). The molecule has 1 amide bonds. The van der Waals surface area contributed by atoms with Gasteiger partial charge in [0.15, 0.2) is 17.3 Å². The van der Waals surface area contributed by atoms with Crippen LogP contribution in [-0.2, 0) is 0 Å². The second-order valence-electron chi connectivity index (χ2n) is 6.05. The molecule has 0 saturated carbocycles. The number of methoxy groups -OCH3 is 2. The third-order valence-corrected chi connectivity index (χ3v) is 4.05. The number of anilines is 3. The molecule has 8 heteroatoms. The van der Waals surface area contributed by atoms with Crippen molar-refractivity contribution in [2.75, 3.05) is 24.9 Å². The number of benzene rings is 2. The van der Waals surface area contributed by atoms with E-state index in [-0.39, 0.29) is 17.4 Å². The summed E-state index contributed by atoms with van der Waals surface area (Å²) in [5, 5.41) is 5.76. The van der Waals surface area contributed by atoms with Gasteiger partial charge < -0.3 is 20.1 Å². The number of carbonyl (C=O) groups is 2. The van der Waals surface area contributed by atoms with E-state index in [9.17, 15) is 9.59 Å². The highest BCUT2D eigenvalue weighted by atomic mass is 16.5. The highest BCUT2D eigenvalue weighted by Gasteiger charge is 2.11. The van der Waals surface area contributed by atoms with Gasteiger partial charge in [-0.15, -0.1) is 0 Å². The van der Waals surface area contributed by atoms with Crippen molar-refractivity contribution in [3.63, 3.8) is 0 Å². The molecule has 1 aromatic heterocycles. The molecule has 0 unspecified atom stereocenters. The van der Waals surface area contributed by atoms with E-state index in [1.54, 1.807) is 56.7 Å². The Balaban J connectivity index is 1.76. The Morgan fingerprint density at radius 3 is 2.45 bits per heavy atom. The van der Waals surface area contributed by atoms with Crippen molar-refractivity contribution in [1.29, 1.82) is 0 Å². The van der Waals surface area contributed by atoms with Crippen LogP contribution in [0.5, 0.6) is 11.5 Å². The molecule has 0 aliphatic heterocycles. The van der Waals surface area contributed by atoms with Crippen molar-refractivity contribution < 1.29 is 19.1 Å². The summed E-state index contributed by atoms with van der Waals surface area (Å²) in [4.78, 5) is 32.4. The van der Waals surface area contributed by atoms with Crippen LogP contribution in [0.2, 0.25) is 0 Å². The molecule has 148 valence electrons. The number of Topliss-reactive ketones (excluding diaryl/α,β-unsaturated/α-hetero) is 1. The molecule has 0 aliphatic carbocycles. The number of carbonyl (C=O) groups excluding carboxylic acids is 2. The van der Waals surface area contributed by atoms with Crippen molar-refractivity contribution in [3.05, 3.63) is 66.0 Å². The number of nitrogens with one attached hydrogen (secondary N) is 2. The maximum atomic E-state index is 12.5. The number of aromatic nitrogens is 2. The fourth-order valence-corrected chi connectivity index (χ4v) is 2.60. The number of hydrogen-bond donors (Lipinski definition) is 2. The Hall–Kier alpha value is -3.94. The summed E-state index contributed by atoms with van der Waals surface area (Å²) in [6.07, 6.45) is 1.48. The fourth-order valence-electron chi connectivity index (χ4n) is 2.60. The average Bonchev–Trinajstić information content (AvgIpc) is 2.74. The Kier molecular flexibility index (Phi) is 6.03. The van der Waals surface area contributed by atoms with Crippen LogP contribution in [0.4, 0.5) is 17.3 Å². The van der Waals surface area contributed by atoms with E-state index >= 15 is 0 Å². The van der Waals surface area contributed by atoms with Crippen LogP contribution in [-0.4, -0.2) is 35.9 Å². The number of ether oxygens (including phenoxy) is 2. The SMILES string of the molecule is COc1ccc(Nc2nccc(C(=O)Nc3cccc(C(C)=O)c3)n2)cc1OC. The Labute approximate surface area is 167 Å². The molecule has 0 aliphatic rings. The first-order valence-corrected chi connectivity index (χ1v) is 8.74. The Morgan fingerprint density at radius 1 is 0.931 bits per heavy atom. The molecule has 1 heterocycles. The lowest BCUT2D eigenvalue weighted by Gasteiger charge is -2.11. The lowest BCUT2D eigenvalue weighted by atomic mass is 10.1. The minimum atomic E-state index is -0.413. The molecule has 0 radical (unpaired) electrons. The molecule has 0 spiro atoms. The zero-order valence-electron chi connectivity index (χ0n) is 16.2. The Morgan fingerprint density at radius 2 is 1.72 bits per heavy atom. The zero-order valence-corrected chi connectivity index (χ0v) is 16.2. The van der Waals surface area contributed by atoms with Crippen molar-refractivity contribution >= 4 is 29.0 Å². The van der Waals surface area contributed by atoms with Gasteiger partial charge in [0.05, 0.1) is 14.2 Å². The molecular weight excluding hydrogens is 372 g/mol. The quantitative estimate of drug-likeness (QED) is 0.591. The summed E-state index contributed by atoms with van der Waals surface area (Å²) in [7, 11) is 3.10. The van der Waals surface area contributed by atoms with Crippen LogP contribution in [0.15, 0.2) is 54.7 Å². The summed E-state index contributed by atoms with van der Waals surface area (Å²) in [5.74, 6) is 0.909. The number of hydrogen-bond acceptors (Lipinski definition) is 7. The molecule has 2 N–H and O–H groups in total. The first-order valence-electron chi connectivity index (χ1n) is 8.74. The van der Waals surface area contributed by atoms with Crippen LogP contribution in [0, 0.1) is 0 Å². The van der Waals surface area contributed by atoms with E-state index in [0.717, 1.165) is 0 Å². The molecule has 29 heavy (non-hydrogen) atoms. The van der Waals surface area contributed by atoms with Crippen LogP contribution < -0.4 is 20.1 Å². The van der Waals surface area contributed by atoms with Gasteiger partial charge >= 0.3 is 0 Å². The monoisotopic (exact) mass is 392 g/mol. The second kappa shape index (κ2) is 8.83. The lowest BCUT2D eigenvalue weighted by Crippen LogP contribution is -2.15. The van der Waals surface area contributed by atoms with Crippen molar-refractivity contribution in [3.8, 4) is 11.5 Å². The third-order valence-electron chi connectivity index (χ3n) is 4.05. The molecule has 3 aromatic rings. The summed E-state index contributed by atoms with van der Waals surface area (Å²) in [5.41, 5.74) is 1.88. The fraction of sp³-hybridized carbons (Fsp3) is 0.143. The summed E-state index contributed by atoms with van der Waals surface area (Å²) < 4.78 is 10.5. The minimum absolute atomic E-state index is 0.0791. The molecule has 0 atom stereocenters. The number of rotatable bonds is 7. The molecule has 3 rings (SSSR count). The predicted octanol–water partition coefficient (Wildman–Crippen LogP) is 3.69. The van der Waals surface area contributed by atoms with Crippen LogP contribution >= 0.6 is 0 Å². The van der Waals surface area contributed by atoms with Gasteiger partial charge in [0.1, 0.15) is 5.69 Å². The van der Waals surface area contributed by atoms with Gasteiger partial charge in [0, 0.05) is 29.2 Å². The van der Waals surface area contributed by atoms with Crippen molar-refractivity contribution in [1.82, 2.24) is 9.97 Å². The summed E-state index contributed by atoms with van der Waals surface area (Å²) in [6.45, 7) is 1.47. The first-order chi connectivity index (χ1) is 14.0. The lowest BCUT2D eigenvalue weighted by molar-refractivity contribution is 0.100. The highest BCUT2D eigenvalue weighted by molar-refractivity contribution is 6.04. The largest absolute Gasteiger partial charge is 0.493 e. The first kappa shape index (κ1) is 19.8. The summed E-state index contributed by atoms with van der Waals surface area (Å²) >= 11 is 0. The van der Waals surface area contributed by atoms with E-state index < -0.39 is 5.91 Å². The van der Waals surface area contributed by atoms with Gasteiger partial charge in [-0.25, -0.2) is 9.97 Å². The van der Waals surface area contributed by atoms with Gasteiger partial charge in [-0.05, 0) is 37.3 Å². The average molecular weight is 392 g/mol. The van der Waals surface area contributed by atoms with Gasteiger partial charge in [-0.2, -0.15) is 0 Å². The predicted molar refractivity (Wildman–Crippen MR) is 109 cm³/mol. The molecule has 0 bridgehead atoms. The van der Waals surface area contributed by atoms with E-state index in [0.29, 0.717) is 28.4 Å². The topological polar surface area (TPSA) is 102 Å². The zero-order chi connectivity index (χ0) is 20.8. The van der Waals surface area contributed by atoms with E-state index in [2.05, 4.69) is 20.6 Å². The van der Waals surface area contributed by atoms with E-state index in [4.69, 9.17) is 9.47 Å². The number of nitrogens with zero attached hydrogens (tertiary/aromatic N) is 2. The Bertz CT molecular complexity index is 1050. The molecule has 2 aromatic carbocycles. The van der Waals surface area contributed by atoms with Crippen molar-refractivity contribution in [2.24, 2.45) is 0 Å². The number of ketones is 1. The van der Waals surface area contributed by atoms with Gasteiger partial charge in [-0.3, -0.25) is 9.59 Å². The molecule has 0 saturated heterocycles. The van der Waals surface area contributed by atoms with Gasteiger partial charge in [-0.1, -0.05) is 12.1 Å². The van der Waals surface area contributed by atoms with Crippen molar-refractivity contribution in [2.45, 2.75) is 6.92 Å². The van der Waals surface area contributed by atoms with Crippen LogP contribution in [0.3, 0.4) is 0 Å². The smallest absolute Gasteiger partial charge is 0.274 e. The maximum absolute atomic E-state index is 12.5. The maximum Gasteiger partial charge on any atom is 0.274 e.